The molecule has 0 spiro atoms. The lowest BCUT2D eigenvalue weighted by Crippen LogP contribution is -2.51. The number of likely N-dealkylation sites (N-methyl/N-ethyl adjacent to an activating group) is 1. The van der Waals surface area contributed by atoms with E-state index < -0.39 is 0 Å². The molecule has 0 saturated heterocycles. The number of amides is 2. The molecule has 16 heavy (non-hydrogen) atoms. The van der Waals surface area contributed by atoms with Gasteiger partial charge in [0.2, 0.25) is 11.8 Å². The number of nitrogens with one attached hydrogen (secondary N) is 2. The molecule has 0 bridgehead atoms. The Labute approximate surface area is 96.4 Å². The first-order chi connectivity index (χ1) is 7.41. The molecule has 0 aromatic carbocycles. The van der Waals surface area contributed by atoms with E-state index in [2.05, 4.69) is 23.8 Å². The third kappa shape index (κ3) is 6.78. The number of hydrogen-bond donors (Lipinski definition) is 2. The molecule has 5 nitrogen and oxygen atoms in total. The standard InChI is InChI=1S/C11H19N3O2/c1-5-10(15)12-7-8-14(3,4)9-13-11(16)6-2/h5-6H,1-2,7-9H2,3-4H3,(H-,12,13,15,16)/p+1. The van der Waals surface area contributed by atoms with Crippen LogP contribution in [0.25, 0.3) is 0 Å². The Morgan fingerprint density at radius 1 is 1.12 bits per heavy atom. The molecule has 5 heteroatoms. The van der Waals surface area contributed by atoms with Crippen molar-refractivity contribution < 1.29 is 14.1 Å². The fourth-order valence-electron chi connectivity index (χ4n) is 0.997. The van der Waals surface area contributed by atoms with Crippen LogP contribution in [0.4, 0.5) is 0 Å². The van der Waals surface area contributed by atoms with Crippen LogP contribution in [-0.4, -0.2) is 50.2 Å². The van der Waals surface area contributed by atoms with Gasteiger partial charge in [0.1, 0.15) is 0 Å². The monoisotopic (exact) mass is 226 g/mol. The lowest BCUT2D eigenvalue weighted by molar-refractivity contribution is -0.890. The molecule has 0 atom stereocenters. The van der Waals surface area contributed by atoms with Crippen LogP contribution in [0.2, 0.25) is 0 Å². The normalized spacial score (nSPS) is 10.4. The van der Waals surface area contributed by atoms with E-state index in [0.29, 0.717) is 17.7 Å². The maximum atomic E-state index is 11.0. The average Bonchev–Trinajstić information content (AvgIpc) is 2.25. The van der Waals surface area contributed by atoms with Crippen molar-refractivity contribution in [3.63, 3.8) is 0 Å². The van der Waals surface area contributed by atoms with Gasteiger partial charge in [0.25, 0.3) is 0 Å². The van der Waals surface area contributed by atoms with E-state index >= 15 is 0 Å². The summed E-state index contributed by atoms with van der Waals surface area (Å²) in [6.07, 6.45) is 2.47. The van der Waals surface area contributed by atoms with Crippen LogP contribution < -0.4 is 10.6 Å². The second-order valence-electron chi connectivity index (χ2n) is 4.06. The lowest BCUT2D eigenvalue weighted by atomic mass is 10.4. The molecule has 0 aliphatic rings. The number of quaternary nitrogens is 1. The van der Waals surface area contributed by atoms with Crippen molar-refractivity contribution in [1.82, 2.24) is 10.6 Å². The third-order valence-corrected chi connectivity index (χ3v) is 2.07. The van der Waals surface area contributed by atoms with Crippen LogP contribution in [0.15, 0.2) is 25.3 Å². The molecule has 2 N–H and O–H groups in total. The van der Waals surface area contributed by atoms with E-state index in [1.54, 1.807) is 0 Å². The van der Waals surface area contributed by atoms with Gasteiger partial charge >= 0.3 is 0 Å². The highest BCUT2D eigenvalue weighted by Gasteiger charge is 2.14. The smallest absolute Gasteiger partial charge is 0.247 e. The van der Waals surface area contributed by atoms with Crippen molar-refractivity contribution in [3.05, 3.63) is 25.3 Å². The summed E-state index contributed by atoms with van der Waals surface area (Å²) < 4.78 is 0.580. The van der Waals surface area contributed by atoms with Crippen LogP contribution in [-0.2, 0) is 9.59 Å². The van der Waals surface area contributed by atoms with E-state index in [-0.39, 0.29) is 11.8 Å². The fraction of sp³-hybridized carbons (Fsp3) is 0.455. The Kier molecular flexibility index (Phi) is 6.10. The van der Waals surface area contributed by atoms with Gasteiger partial charge in [-0.2, -0.15) is 0 Å². The van der Waals surface area contributed by atoms with Gasteiger partial charge in [-0.25, -0.2) is 0 Å². The molecular weight excluding hydrogens is 206 g/mol. The Balaban J connectivity index is 3.86. The zero-order valence-corrected chi connectivity index (χ0v) is 9.95. The Morgan fingerprint density at radius 2 is 1.62 bits per heavy atom. The maximum absolute atomic E-state index is 11.0. The van der Waals surface area contributed by atoms with Crippen LogP contribution >= 0.6 is 0 Å². The van der Waals surface area contributed by atoms with Crippen LogP contribution in [0, 0.1) is 0 Å². The summed E-state index contributed by atoms with van der Waals surface area (Å²) in [5.41, 5.74) is 0. The highest BCUT2D eigenvalue weighted by molar-refractivity contribution is 5.87. The molecule has 0 saturated carbocycles. The van der Waals surface area contributed by atoms with Crippen molar-refractivity contribution in [1.29, 1.82) is 0 Å². The van der Waals surface area contributed by atoms with Gasteiger partial charge in [-0.1, -0.05) is 13.2 Å². The van der Waals surface area contributed by atoms with E-state index in [4.69, 9.17) is 0 Å². The van der Waals surface area contributed by atoms with Gasteiger partial charge in [-0.05, 0) is 12.2 Å². The molecule has 0 rings (SSSR count). The number of carbonyl (C=O) groups excluding carboxylic acids is 2. The van der Waals surface area contributed by atoms with Gasteiger partial charge in [-0.15, -0.1) is 0 Å². The Hall–Kier alpha value is -1.62. The molecule has 0 aromatic heterocycles. The molecular formula is C11H20N3O2+. The number of rotatable bonds is 7. The summed E-state index contributed by atoms with van der Waals surface area (Å²) in [7, 11) is 3.92. The van der Waals surface area contributed by atoms with Gasteiger partial charge in [0.15, 0.2) is 6.67 Å². The summed E-state index contributed by atoms with van der Waals surface area (Å²) in [5, 5.41) is 5.39. The summed E-state index contributed by atoms with van der Waals surface area (Å²) in [4.78, 5) is 21.9. The molecule has 0 aromatic rings. The maximum Gasteiger partial charge on any atom is 0.247 e. The molecule has 0 radical (unpaired) electrons. The second-order valence-corrected chi connectivity index (χ2v) is 4.06. The van der Waals surface area contributed by atoms with Crippen LogP contribution in [0.3, 0.4) is 0 Å². The third-order valence-electron chi connectivity index (χ3n) is 2.07. The minimum absolute atomic E-state index is 0.185. The van der Waals surface area contributed by atoms with Crippen LogP contribution in [0.5, 0.6) is 0 Å². The van der Waals surface area contributed by atoms with E-state index in [9.17, 15) is 9.59 Å². The lowest BCUT2D eigenvalue weighted by Gasteiger charge is -2.29. The SMILES string of the molecule is C=CC(=O)NCC[N+](C)(C)CNC(=O)C=C. The first kappa shape index (κ1) is 14.4. The van der Waals surface area contributed by atoms with Gasteiger partial charge in [0.05, 0.1) is 27.2 Å². The summed E-state index contributed by atoms with van der Waals surface area (Å²) in [6, 6.07) is 0. The molecule has 0 fully saturated rings. The van der Waals surface area contributed by atoms with Crippen molar-refractivity contribution >= 4 is 11.8 Å². The van der Waals surface area contributed by atoms with Gasteiger partial charge in [-0.3, -0.25) is 9.59 Å². The average molecular weight is 226 g/mol. The number of nitrogens with zero attached hydrogens (tertiary/aromatic N) is 1. The molecule has 0 aliphatic heterocycles. The molecule has 0 unspecified atom stereocenters. The fourth-order valence-corrected chi connectivity index (χ4v) is 0.997. The highest BCUT2D eigenvalue weighted by Crippen LogP contribution is 1.92. The van der Waals surface area contributed by atoms with Crippen LogP contribution in [0.1, 0.15) is 0 Å². The first-order valence-corrected chi connectivity index (χ1v) is 5.04. The first-order valence-electron chi connectivity index (χ1n) is 5.04. The van der Waals surface area contributed by atoms with Gasteiger partial charge < -0.3 is 15.1 Å². The van der Waals surface area contributed by atoms with E-state index in [0.717, 1.165) is 6.54 Å². The second kappa shape index (κ2) is 6.79. The predicted octanol–water partition coefficient (Wildman–Crippen LogP) is -0.375. The van der Waals surface area contributed by atoms with E-state index in [1.807, 2.05) is 14.1 Å². The molecule has 0 aliphatic carbocycles. The molecule has 2 amide bonds. The van der Waals surface area contributed by atoms with Crippen molar-refractivity contribution in [3.8, 4) is 0 Å². The summed E-state index contributed by atoms with van der Waals surface area (Å²) in [5.74, 6) is -0.378. The predicted molar refractivity (Wildman–Crippen MR) is 63.4 cm³/mol. The van der Waals surface area contributed by atoms with Crippen molar-refractivity contribution in [2.24, 2.45) is 0 Å². The van der Waals surface area contributed by atoms with Crippen molar-refractivity contribution in [2.45, 2.75) is 0 Å². The zero-order chi connectivity index (χ0) is 12.6. The summed E-state index contributed by atoms with van der Waals surface area (Å²) in [6.45, 7) is 8.49. The number of carbonyl (C=O) groups is 2. The highest BCUT2D eigenvalue weighted by atomic mass is 16.2. The number of hydrogen-bond acceptors (Lipinski definition) is 2. The largest absolute Gasteiger partial charge is 0.347 e. The zero-order valence-electron chi connectivity index (χ0n) is 9.95. The Bertz CT molecular complexity index is 285. The molecule has 90 valence electrons. The topological polar surface area (TPSA) is 58.2 Å². The quantitative estimate of drug-likeness (QED) is 0.353. The van der Waals surface area contributed by atoms with E-state index in [1.165, 1.54) is 12.2 Å². The summed E-state index contributed by atoms with van der Waals surface area (Å²) >= 11 is 0. The van der Waals surface area contributed by atoms with Gasteiger partial charge in [0, 0.05) is 0 Å². The van der Waals surface area contributed by atoms with Crippen molar-refractivity contribution in [2.75, 3.05) is 33.9 Å². The Morgan fingerprint density at radius 3 is 2.12 bits per heavy atom. The minimum Gasteiger partial charge on any atom is -0.347 e. The minimum atomic E-state index is -0.193. The molecule has 0 heterocycles.